The van der Waals surface area contributed by atoms with Crippen molar-refractivity contribution in [2.24, 2.45) is 5.41 Å². The van der Waals surface area contributed by atoms with Crippen molar-refractivity contribution in [2.45, 2.75) is 26.3 Å². The molecule has 2 aromatic rings. The number of tetrazole rings is 1. The molecule has 1 aliphatic rings. The van der Waals surface area contributed by atoms with Crippen LogP contribution in [-0.2, 0) is 11.3 Å². The van der Waals surface area contributed by atoms with Gasteiger partial charge >= 0.3 is 0 Å². The molecule has 1 atom stereocenters. The van der Waals surface area contributed by atoms with Crippen LogP contribution in [0.5, 0.6) is 0 Å². The van der Waals surface area contributed by atoms with Crippen molar-refractivity contribution in [1.82, 2.24) is 25.1 Å². The number of aromatic nitrogens is 4. The molecule has 1 amide bonds. The molecule has 1 aromatic heterocycles. The van der Waals surface area contributed by atoms with Gasteiger partial charge in [-0.05, 0) is 21.4 Å². The van der Waals surface area contributed by atoms with Crippen LogP contribution in [0.1, 0.15) is 25.3 Å². The van der Waals surface area contributed by atoms with Crippen molar-refractivity contribution in [3.63, 3.8) is 0 Å². The molecule has 3 rings (SSSR count). The number of nitrogens with two attached hydrogens (primary N) is 1. The lowest BCUT2D eigenvalue weighted by atomic mass is 9.78. The minimum absolute atomic E-state index is 0.00879. The number of likely N-dealkylation sites (tertiary alicyclic amines) is 1. The minimum Gasteiger partial charge on any atom is -0.367 e. The van der Waals surface area contributed by atoms with Crippen LogP contribution in [0.15, 0.2) is 30.3 Å². The van der Waals surface area contributed by atoms with E-state index in [0.29, 0.717) is 19.0 Å². The van der Waals surface area contributed by atoms with Crippen LogP contribution in [0.25, 0.3) is 0 Å². The number of nitrogen functional groups attached to an aromatic ring is 1. The van der Waals surface area contributed by atoms with Crippen LogP contribution in [-0.4, -0.2) is 44.1 Å². The number of hydrogen-bond acceptors (Lipinski definition) is 5. The van der Waals surface area contributed by atoms with E-state index >= 15 is 0 Å². The zero-order chi connectivity index (χ0) is 15.7. The summed E-state index contributed by atoms with van der Waals surface area (Å²) in [6.45, 7) is 5.90. The smallest absolute Gasteiger partial charge is 0.244 e. The molecular weight excluding hydrogens is 280 g/mol. The molecule has 0 saturated carbocycles. The van der Waals surface area contributed by atoms with E-state index < -0.39 is 0 Å². The topological polar surface area (TPSA) is 89.9 Å². The molecule has 2 N–H and O–H groups in total. The number of rotatable bonds is 3. The lowest BCUT2D eigenvalue weighted by molar-refractivity contribution is -0.131. The molecule has 0 spiro atoms. The van der Waals surface area contributed by atoms with Crippen molar-refractivity contribution >= 4 is 11.9 Å². The molecule has 0 aliphatic carbocycles. The van der Waals surface area contributed by atoms with Gasteiger partial charge in [-0.3, -0.25) is 4.79 Å². The van der Waals surface area contributed by atoms with Gasteiger partial charge in [0.1, 0.15) is 6.54 Å². The lowest BCUT2D eigenvalue weighted by Gasteiger charge is -2.25. The van der Waals surface area contributed by atoms with Crippen molar-refractivity contribution < 1.29 is 4.79 Å². The first-order chi connectivity index (χ1) is 10.5. The van der Waals surface area contributed by atoms with Gasteiger partial charge in [-0.2, -0.15) is 0 Å². The fourth-order valence-electron chi connectivity index (χ4n) is 3.12. The second-order valence-electron chi connectivity index (χ2n) is 6.42. The molecule has 1 saturated heterocycles. The summed E-state index contributed by atoms with van der Waals surface area (Å²) in [6, 6.07) is 10.3. The predicted octanol–water partition coefficient (Wildman–Crippen LogP) is 0.907. The summed E-state index contributed by atoms with van der Waals surface area (Å²) in [5.74, 6) is 0.473. The summed E-state index contributed by atoms with van der Waals surface area (Å²) in [6.07, 6.45) is 0. The number of amides is 1. The molecule has 1 fully saturated rings. The summed E-state index contributed by atoms with van der Waals surface area (Å²) < 4.78 is 1.32. The average molecular weight is 300 g/mol. The quantitative estimate of drug-likeness (QED) is 0.910. The van der Waals surface area contributed by atoms with E-state index in [0.717, 1.165) is 0 Å². The summed E-state index contributed by atoms with van der Waals surface area (Å²) in [7, 11) is 0. The highest BCUT2D eigenvalue weighted by Gasteiger charge is 2.41. The maximum absolute atomic E-state index is 12.5. The van der Waals surface area contributed by atoms with Crippen LogP contribution in [0.2, 0.25) is 0 Å². The van der Waals surface area contributed by atoms with Crippen LogP contribution >= 0.6 is 0 Å². The molecule has 2 heterocycles. The number of anilines is 1. The Bertz CT molecular complexity index is 666. The van der Waals surface area contributed by atoms with Crippen LogP contribution < -0.4 is 5.73 Å². The second-order valence-corrected chi connectivity index (χ2v) is 6.42. The highest BCUT2D eigenvalue weighted by atomic mass is 16.2. The summed E-state index contributed by atoms with van der Waals surface area (Å²) in [5.41, 5.74) is 6.91. The Labute approximate surface area is 129 Å². The van der Waals surface area contributed by atoms with Gasteiger partial charge < -0.3 is 10.6 Å². The van der Waals surface area contributed by atoms with E-state index in [4.69, 9.17) is 5.73 Å². The first-order valence-electron chi connectivity index (χ1n) is 7.32. The molecule has 7 nitrogen and oxygen atoms in total. The molecule has 7 heteroatoms. The van der Waals surface area contributed by atoms with Crippen molar-refractivity contribution in [3.05, 3.63) is 35.9 Å². The van der Waals surface area contributed by atoms with Gasteiger partial charge in [-0.1, -0.05) is 49.3 Å². The first-order valence-corrected chi connectivity index (χ1v) is 7.32. The van der Waals surface area contributed by atoms with Crippen molar-refractivity contribution in [3.8, 4) is 0 Å². The maximum Gasteiger partial charge on any atom is 0.244 e. The van der Waals surface area contributed by atoms with E-state index in [1.54, 1.807) is 0 Å². The number of carbonyl (C=O) groups is 1. The lowest BCUT2D eigenvalue weighted by Crippen LogP contribution is -2.33. The van der Waals surface area contributed by atoms with Gasteiger partial charge in [-0.25, -0.2) is 4.68 Å². The Morgan fingerprint density at radius 3 is 2.73 bits per heavy atom. The van der Waals surface area contributed by atoms with Gasteiger partial charge in [0.05, 0.1) is 0 Å². The number of nitrogens with zero attached hydrogens (tertiary/aromatic N) is 5. The third-order valence-electron chi connectivity index (χ3n) is 4.34. The van der Waals surface area contributed by atoms with Crippen LogP contribution in [0.4, 0.5) is 5.95 Å². The Balaban J connectivity index is 1.75. The predicted molar refractivity (Wildman–Crippen MR) is 81.8 cm³/mol. The third kappa shape index (κ3) is 2.66. The Kier molecular flexibility index (Phi) is 3.56. The zero-order valence-electron chi connectivity index (χ0n) is 12.8. The molecule has 0 bridgehead atoms. The maximum atomic E-state index is 12.5. The number of benzene rings is 1. The Morgan fingerprint density at radius 1 is 1.36 bits per heavy atom. The van der Waals surface area contributed by atoms with Gasteiger partial charge in [0.15, 0.2) is 0 Å². The van der Waals surface area contributed by atoms with Crippen LogP contribution in [0, 0.1) is 5.41 Å². The highest BCUT2D eigenvalue weighted by Crippen LogP contribution is 2.42. The first kappa shape index (κ1) is 14.5. The third-order valence-corrected chi connectivity index (χ3v) is 4.34. The minimum atomic E-state index is -0.00879. The molecule has 0 radical (unpaired) electrons. The van der Waals surface area contributed by atoms with E-state index in [-0.39, 0.29) is 23.8 Å². The van der Waals surface area contributed by atoms with E-state index in [1.165, 1.54) is 10.2 Å². The van der Waals surface area contributed by atoms with Gasteiger partial charge in [0, 0.05) is 19.0 Å². The summed E-state index contributed by atoms with van der Waals surface area (Å²) in [5, 5.41) is 10.8. The van der Waals surface area contributed by atoms with Gasteiger partial charge in [0.2, 0.25) is 11.9 Å². The van der Waals surface area contributed by atoms with Crippen molar-refractivity contribution in [2.75, 3.05) is 18.8 Å². The zero-order valence-corrected chi connectivity index (χ0v) is 12.8. The Hall–Kier alpha value is -2.44. The summed E-state index contributed by atoms with van der Waals surface area (Å²) in [4.78, 5) is 14.4. The number of hydrogen-bond donors (Lipinski definition) is 1. The molecule has 1 unspecified atom stereocenters. The summed E-state index contributed by atoms with van der Waals surface area (Å²) >= 11 is 0. The fourth-order valence-corrected chi connectivity index (χ4v) is 3.12. The van der Waals surface area contributed by atoms with Crippen molar-refractivity contribution in [1.29, 1.82) is 0 Å². The van der Waals surface area contributed by atoms with E-state index in [1.807, 2.05) is 23.1 Å². The van der Waals surface area contributed by atoms with Gasteiger partial charge in [0.25, 0.3) is 0 Å². The van der Waals surface area contributed by atoms with Crippen LogP contribution in [0.3, 0.4) is 0 Å². The monoisotopic (exact) mass is 300 g/mol. The number of carbonyl (C=O) groups excluding carboxylic acids is 1. The fraction of sp³-hybridized carbons (Fsp3) is 0.467. The molecule has 116 valence electrons. The molecule has 22 heavy (non-hydrogen) atoms. The normalized spacial score (nSPS) is 20.3. The Morgan fingerprint density at radius 2 is 2.09 bits per heavy atom. The molecule has 1 aromatic carbocycles. The molecule has 1 aliphatic heterocycles. The van der Waals surface area contributed by atoms with Gasteiger partial charge in [-0.15, -0.1) is 0 Å². The SMILES string of the molecule is CC1(C)CN(C(=O)Cn2nnnc2N)CC1c1ccccc1. The second kappa shape index (κ2) is 5.40. The highest BCUT2D eigenvalue weighted by molar-refractivity contribution is 5.76. The average Bonchev–Trinajstić information content (AvgIpc) is 3.03. The van der Waals surface area contributed by atoms with E-state index in [2.05, 4.69) is 41.5 Å². The molecular formula is C15H20N6O. The van der Waals surface area contributed by atoms with E-state index in [9.17, 15) is 4.79 Å². The largest absolute Gasteiger partial charge is 0.367 e. The standard InChI is InChI=1S/C15H20N6O/c1-15(2)10-20(8-12(15)11-6-4-3-5-7-11)13(22)9-21-14(16)17-18-19-21/h3-7,12H,8-10H2,1-2H3,(H2,16,17,19).